The molecule has 0 fully saturated rings. The fourth-order valence-corrected chi connectivity index (χ4v) is 3.95. The van der Waals surface area contributed by atoms with Crippen LogP contribution in [-0.4, -0.2) is 55.0 Å². The van der Waals surface area contributed by atoms with Gasteiger partial charge in [0, 0.05) is 37.8 Å². The molecule has 5 heteroatoms. The van der Waals surface area contributed by atoms with E-state index < -0.39 is 0 Å². The van der Waals surface area contributed by atoms with E-state index in [9.17, 15) is 4.79 Å². The summed E-state index contributed by atoms with van der Waals surface area (Å²) in [5, 5.41) is 3.14. The molecule has 4 rings (SSSR count). The summed E-state index contributed by atoms with van der Waals surface area (Å²) in [5.41, 5.74) is 3.94. The summed E-state index contributed by atoms with van der Waals surface area (Å²) < 4.78 is 5.78. The Kier molecular flexibility index (Phi) is 5.41. The molecular weight excluding hydrogens is 338 g/mol. The van der Waals surface area contributed by atoms with Crippen LogP contribution in [0.3, 0.4) is 0 Å². The molecule has 0 spiro atoms. The Morgan fingerprint density at radius 3 is 2.67 bits per heavy atom. The first kappa shape index (κ1) is 18.0. The van der Waals surface area contributed by atoms with E-state index in [0.717, 1.165) is 37.4 Å². The quantitative estimate of drug-likeness (QED) is 0.901. The number of carbonyl (C=O) groups is 1. The maximum absolute atomic E-state index is 12.5. The van der Waals surface area contributed by atoms with Crippen LogP contribution in [0.2, 0.25) is 0 Å². The third kappa shape index (κ3) is 4.31. The van der Waals surface area contributed by atoms with Crippen molar-refractivity contribution in [2.75, 3.05) is 33.3 Å². The van der Waals surface area contributed by atoms with Crippen LogP contribution in [0.4, 0.5) is 0 Å². The summed E-state index contributed by atoms with van der Waals surface area (Å²) in [4.78, 5) is 17.0. The summed E-state index contributed by atoms with van der Waals surface area (Å²) in [7, 11) is 2.13. The molecule has 1 N–H and O–H groups in total. The molecular formula is C22H27N3O2. The van der Waals surface area contributed by atoms with Gasteiger partial charge < -0.3 is 10.1 Å². The zero-order valence-electron chi connectivity index (χ0n) is 15.9. The van der Waals surface area contributed by atoms with Crippen molar-refractivity contribution in [1.29, 1.82) is 0 Å². The molecule has 2 aliphatic heterocycles. The summed E-state index contributed by atoms with van der Waals surface area (Å²) in [6.45, 7) is 4.16. The molecule has 2 heterocycles. The average molecular weight is 365 g/mol. The van der Waals surface area contributed by atoms with Crippen molar-refractivity contribution in [3.8, 4) is 5.75 Å². The number of nitrogens with zero attached hydrogens (tertiary/aromatic N) is 2. The van der Waals surface area contributed by atoms with E-state index >= 15 is 0 Å². The molecule has 142 valence electrons. The lowest BCUT2D eigenvalue weighted by atomic mass is 9.94. The van der Waals surface area contributed by atoms with Gasteiger partial charge in [0.25, 0.3) is 0 Å². The maximum atomic E-state index is 12.5. The number of hydrogen-bond donors (Lipinski definition) is 1. The summed E-state index contributed by atoms with van der Waals surface area (Å²) in [5.74, 6) is 1.02. The van der Waals surface area contributed by atoms with E-state index in [1.54, 1.807) is 0 Å². The zero-order valence-corrected chi connectivity index (χ0v) is 15.9. The fourth-order valence-electron chi connectivity index (χ4n) is 3.95. The van der Waals surface area contributed by atoms with Crippen molar-refractivity contribution in [2.24, 2.45) is 0 Å². The first-order valence-corrected chi connectivity index (χ1v) is 9.66. The van der Waals surface area contributed by atoms with Gasteiger partial charge in [-0.25, -0.2) is 0 Å². The highest BCUT2D eigenvalue weighted by atomic mass is 16.5. The van der Waals surface area contributed by atoms with Gasteiger partial charge in [-0.3, -0.25) is 14.6 Å². The monoisotopic (exact) mass is 365 g/mol. The number of carbonyl (C=O) groups excluding carboxylic acids is 1. The lowest BCUT2D eigenvalue weighted by Crippen LogP contribution is -2.47. The van der Waals surface area contributed by atoms with E-state index in [-0.39, 0.29) is 5.91 Å². The maximum Gasteiger partial charge on any atom is 0.234 e. The van der Waals surface area contributed by atoms with Gasteiger partial charge in [-0.15, -0.1) is 0 Å². The third-order valence-electron chi connectivity index (χ3n) is 5.55. The first-order chi connectivity index (χ1) is 13.2. The number of likely N-dealkylation sites (N-methyl/N-ethyl adjacent to an activating group) is 1. The number of para-hydroxylation sites is 1. The number of hydrogen-bond acceptors (Lipinski definition) is 4. The van der Waals surface area contributed by atoms with Gasteiger partial charge in [-0.05, 0) is 30.7 Å². The van der Waals surface area contributed by atoms with Gasteiger partial charge in [-0.2, -0.15) is 0 Å². The van der Waals surface area contributed by atoms with Crippen molar-refractivity contribution in [1.82, 2.24) is 15.1 Å². The molecule has 0 saturated heterocycles. The van der Waals surface area contributed by atoms with Crippen molar-refractivity contribution >= 4 is 5.91 Å². The Balaban J connectivity index is 1.30. The van der Waals surface area contributed by atoms with Crippen molar-refractivity contribution in [2.45, 2.75) is 25.6 Å². The topological polar surface area (TPSA) is 44.8 Å². The number of nitrogens with one attached hydrogen (secondary N) is 1. The van der Waals surface area contributed by atoms with Gasteiger partial charge in [-0.1, -0.05) is 42.5 Å². The van der Waals surface area contributed by atoms with Crippen molar-refractivity contribution < 1.29 is 9.53 Å². The molecule has 0 bridgehead atoms. The highest BCUT2D eigenvalue weighted by Gasteiger charge is 2.24. The molecule has 5 nitrogen and oxygen atoms in total. The Hall–Kier alpha value is -2.37. The number of amides is 1. The lowest BCUT2D eigenvalue weighted by Gasteiger charge is -2.34. The third-order valence-corrected chi connectivity index (χ3v) is 5.55. The van der Waals surface area contributed by atoms with E-state index in [1.165, 1.54) is 11.1 Å². The summed E-state index contributed by atoms with van der Waals surface area (Å²) >= 11 is 0. The largest absolute Gasteiger partial charge is 0.492 e. The predicted molar refractivity (Wildman–Crippen MR) is 106 cm³/mol. The van der Waals surface area contributed by atoms with E-state index in [1.807, 2.05) is 18.2 Å². The molecule has 0 aromatic heterocycles. The van der Waals surface area contributed by atoms with E-state index in [4.69, 9.17) is 4.74 Å². The van der Waals surface area contributed by atoms with Crippen molar-refractivity contribution in [3.05, 3.63) is 65.2 Å². The molecule has 0 saturated carbocycles. The Morgan fingerprint density at radius 1 is 1.07 bits per heavy atom. The van der Waals surface area contributed by atoms with Gasteiger partial charge in [0.1, 0.15) is 12.4 Å². The standard InChI is InChI=1S/C22H27N3O2/c1-24-14-18-7-3-2-6-17(18)12-20(24)13-23-22(26)16-25-10-11-27-21-9-5-4-8-19(21)15-25/h2-9,20H,10-16H2,1H3,(H,23,26). The SMILES string of the molecule is CN1Cc2ccccc2CC1CNC(=O)CN1CCOc2ccccc2C1. The normalized spacial score (nSPS) is 20.1. The number of benzene rings is 2. The lowest BCUT2D eigenvalue weighted by molar-refractivity contribution is -0.122. The molecule has 1 amide bonds. The van der Waals surface area contributed by atoms with Gasteiger partial charge in [0.05, 0.1) is 6.54 Å². The minimum atomic E-state index is 0.0849. The number of ether oxygens (including phenoxy) is 1. The van der Waals surface area contributed by atoms with Gasteiger partial charge >= 0.3 is 0 Å². The Labute approximate surface area is 160 Å². The molecule has 2 aromatic rings. The second kappa shape index (κ2) is 8.11. The molecule has 2 aromatic carbocycles. The molecule has 1 atom stereocenters. The zero-order chi connectivity index (χ0) is 18.6. The van der Waals surface area contributed by atoms with Crippen LogP contribution < -0.4 is 10.1 Å². The van der Waals surface area contributed by atoms with Gasteiger partial charge in [0.15, 0.2) is 0 Å². The van der Waals surface area contributed by atoms with Crippen LogP contribution in [0.1, 0.15) is 16.7 Å². The van der Waals surface area contributed by atoms with Crippen molar-refractivity contribution in [3.63, 3.8) is 0 Å². The van der Waals surface area contributed by atoms with E-state index in [0.29, 0.717) is 25.7 Å². The van der Waals surface area contributed by atoms with Crippen LogP contribution in [-0.2, 0) is 24.3 Å². The minimum Gasteiger partial charge on any atom is -0.492 e. The highest BCUT2D eigenvalue weighted by Crippen LogP contribution is 2.23. The predicted octanol–water partition coefficient (Wildman–Crippen LogP) is 2.05. The van der Waals surface area contributed by atoms with Crippen LogP contribution in [0, 0.1) is 0 Å². The number of fused-ring (bicyclic) bond motifs is 2. The van der Waals surface area contributed by atoms with Crippen LogP contribution in [0.15, 0.2) is 48.5 Å². The molecule has 0 radical (unpaired) electrons. The Morgan fingerprint density at radius 2 is 1.81 bits per heavy atom. The summed E-state index contributed by atoms with van der Waals surface area (Å²) in [6.07, 6.45) is 0.984. The van der Waals surface area contributed by atoms with Crippen LogP contribution in [0.25, 0.3) is 0 Å². The fraction of sp³-hybridized carbons (Fsp3) is 0.409. The van der Waals surface area contributed by atoms with Crippen LogP contribution >= 0.6 is 0 Å². The second-order valence-corrected chi connectivity index (χ2v) is 7.51. The minimum absolute atomic E-state index is 0.0849. The van der Waals surface area contributed by atoms with Crippen LogP contribution in [0.5, 0.6) is 5.75 Å². The smallest absolute Gasteiger partial charge is 0.234 e. The Bertz CT molecular complexity index is 808. The molecule has 2 aliphatic rings. The average Bonchev–Trinajstić information content (AvgIpc) is 2.88. The summed E-state index contributed by atoms with van der Waals surface area (Å²) in [6, 6.07) is 17.0. The van der Waals surface area contributed by atoms with E-state index in [2.05, 4.69) is 52.5 Å². The first-order valence-electron chi connectivity index (χ1n) is 9.66. The highest BCUT2D eigenvalue weighted by molar-refractivity contribution is 5.78. The second-order valence-electron chi connectivity index (χ2n) is 7.51. The van der Waals surface area contributed by atoms with Gasteiger partial charge in [0.2, 0.25) is 5.91 Å². The number of rotatable bonds is 4. The molecule has 27 heavy (non-hydrogen) atoms. The molecule has 1 unspecified atom stereocenters. The molecule has 0 aliphatic carbocycles.